The second-order valence-corrected chi connectivity index (χ2v) is 5.72. The van der Waals surface area contributed by atoms with Gasteiger partial charge in [0.2, 0.25) is 0 Å². The van der Waals surface area contributed by atoms with Crippen molar-refractivity contribution in [3.8, 4) is 11.1 Å². The average Bonchev–Trinajstić information content (AvgIpc) is 2.87. The van der Waals surface area contributed by atoms with Crippen molar-refractivity contribution in [3.05, 3.63) is 63.7 Å². The third-order valence-corrected chi connectivity index (χ3v) is 4.14. The van der Waals surface area contributed by atoms with Crippen molar-refractivity contribution in [2.45, 2.75) is 0 Å². The van der Waals surface area contributed by atoms with E-state index in [1.165, 1.54) is 6.07 Å². The van der Waals surface area contributed by atoms with Gasteiger partial charge in [-0.05, 0) is 24.3 Å². The first kappa shape index (κ1) is 13.8. The summed E-state index contributed by atoms with van der Waals surface area (Å²) < 4.78 is 14.2. The molecule has 0 aliphatic carbocycles. The van der Waals surface area contributed by atoms with Gasteiger partial charge in [0, 0.05) is 27.1 Å². The first-order valence-electron chi connectivity index (χ1n) is 6.94. The number of nitrogen functional groups attached to an aromatic ring is 1. The van der Waals surface area contributed by atoms with Gasteiger partial charge in [-0.2, -0.15) is 0 Å². The van der Waals surface area contributed by atoms with E-state index in [2.05, 4.69) is 9.97 Å². The quantitative estimate of drug-likeness (QED) is 0.493. The number of fused-ring (bicyclic) bond motifs is 3. The molecular weight excluding hydrogens is 317 g/mol. The number of aromatic amines is 2. The molecule has 0 amide bonds. The molecule has 2 heterocycles. The SMILES string of the molecule is Nc1c(-c2ccccc2F)c2[nH]c3ccc(Cl)cc3c2[nH]c1=O. The van der Waals surface area contributed by atoms with E-state index in [0.29, 0.717) is 21.6 Å². The summed E-state index contributed by atoms with van der Waals surface area (Å²) in [6.07, 6.45) is 0. The zero-order chi connectivity index (χ0) is 16.1. The van der Waals surface area contributed by atoms with Crippen molar-refractivity contribution in [1.29, 1.82) is 0 Å². The van der Waals surface area contributed by atoms with Crippen LogP contribution in [0.2, 0.25) is 5.02 Å². The van der Waals surface area contributed by atoms with E-state index in [1.54, 1.807) is 36.4 Å². The van der Waals surface area contributed by atoms with Crippen molar-refractivity contribution < 1.29 is 4.39 Å². The van der Waals surface area contributed by atoms with Crippen LogP contribution in [0.3, 0.4) is 0 Å². The number of nitrogens with two attached hydrogens (primary N) is 1. The predicted molar refractivity (Wildman–Crippen MR) is 91.2 cm³/mol. The summed E-state index contributed by atoms with van der Waals surface area (Å²) in [6, 6.07) is 11.5. The second kappa shape index (κ2) is 4.86. The number of rotatable bonds is 1. The van der Waals surface area contributed by atoms with Gasteiger partial charge < -0.3 is 15.7 Å². The summed E-state index contributed by atoms with van der Waals surface area (Å²) in [6.45, 7) is 0. The lowest BCUT2D eigenvalue weighted by Gasteiger charge is -2.08. The topological polar surface area (TPSA) is 74.7 Å². The summed E-state index contributed by atoms with van der Waals surface area (Å²) in [4.78, 5) is 18.2. The Hall–Kier alpha value is -2.79. The van der Waals surface area contributed by atoms with Crippen LogP contribution in [0.15, 0.2) is 47.3 Å². The van der Waals surface area contributed by atoms with Gasteiger partial charge in [0.1, 0.15) is 11.5 Å². The van der Waals surface area contributed by atoms with Crippen LogP contribution in [0.5, 0.6) is 0 Å². The summed E-state index contributed by atoms with van der Waals surface area (Å²) in [5, 5.41) is 1.30. The average molecular weight is 328 g/mol. The van der Waals surface area contributed by atoms with Crippen LogP contribution >= 0.6 is 11.6 Å². The fraction of sp³-hybridized carbons (Fsp3) is 0. The molecule has 0 saturated heterocycles. The van der Waals surface area contributed by atoms with E-state index in [4.69, 9.17) is 17.3 Å². The Morgan fingerprint density at radius 2 is 1.83 bits per heavy atom. The maximum atomic E-state index is 14.2. The van der Waals surface area contributed by atoms with Gasteiger partial charge in [-0.3, -0.25) is 4.79 Å². The number of pyridine rings is 1. The van der Waals surface area contributed by atoms with E-state index in [0.717, 1.165) is 10.9 Å². The highest BCUT2D eigenvalue weighted by atomic mass is 35.5. The van der Waals surface area contributed by atoms with E-state index in [1.807, 2.05) is 0 Å². The van der Waals surface area contributed by atoms with Gasteiger partial charge in [-0.15, -0.1) is 0 Å². The second-order valence-electron chi connectivity index (χ2n) is 5.29. The zero-order valence-electron chi connectivity index (χ0n) is 11.8. The molecule has 23 heavy (non-hydrogen) atoms. The smallest absolute Gasteiger partial charge is 0.272 e. The molecule has 4 aromatic rings. The van der Waals surface area contributed by atoms with Gasteiger partial charge in [-0.1, -0.05) is 29.8 Å². The Bertz CT molecular complexity index is 1130. The lowest BCUT2D eigenvalue weighted by molar-refractivity contribution is 0.631. The van der Waals surface area contributed by atoms with E-state index in [-0.39, 0.29) is 11.3 Å². The molecule has 6 heteroatoms. The van der Waals surface area contributed by atoms with Crippen LogP contribution in [0, 0.1) is 5.82 Å². The lowest BCUT2D eigenvalue weighted by atomic mass is 10.0. The minimum atomic E-state index is -0.461. The molecule has 4 rings (SSSR count). The number of benzene rings is 2. The van der Waals surface area contributed by atoms with Crippen LogP contribution in [0.1, 0.15) is 0 Å². The molecule has 2 aromatic heterocycles. The van der Waals surface area contributed by atoms with Crippen LogP contribution in [0.25, 0.3) is 33.1 Å². The van der Waals surface area contributed by atoms with Crippen molar-refractivity contribution in [3.63, 3.8) is 0 Å². The van der Waals surface area contributed by atoms with Crippen molar-refractivity contribution in [2.75, 3.05) is 5.73 Å². The standard InChI is InChI=1S/C17H11ClFN3O/c18-8-5-6-12-10(7-8)15-16(21-12)13(14(20)17(23)22-15)9-3-1-2-4-11(9)19/h1-7,21H,20H2,(H,22,23). The fourth-order valence-corrected chi connectivity index (χ4v) is 3.03. The number of hydrogen-bond acceptors (Lipinski definition) is 2. The molecule has 2 aromatic carbocycles. The van der Waals surface area contributed by atoms with Gasteiger partial charge in [0.15, 0.2) is 0 Å². The van der Waals surface area contributed by atoms with Crippen molar-refractivity contribution >= 4 is 39.2 Å². The van der Waals surface area contributed by atoms with Crippen LogP contribution in [0.4, 0.5) is 10.1 Å². The largest absolute Gasteiger partial charge is 0.394 e. The third-order valence-electron chi connectivity index (χ3n) is 3.91. The van der Waals surface area contributed by atoms with Crippen LogP contribution in [-0.2, 0) is 0 Å². The third kappa shape index (κ3) is 2.01. The Labute approximate surface area is 134 Å². The number of anilines is 1. The van der Waals surface area contributed by atoms with Gasteiger partial charge in [0.05, 0.1) is 11.0 Å². The minimum absolute atomic E-state index is 0.0275. The summed E-state index contributed by atoms with van der Waals surface area (Å²) in [7, 11) is 0. The number of aromatic nitrogens is 2. The van der Waals surface area contributed by atoms with Crippen LogP contribution in [-0.4, -0.2) is 9.97 Å². The molecule has 4 N–H and O–H groups in total. The first-order valence-corrected chi connectivity index (χ1v) is 7.31. The monoisotopic (exact) mass is 327 g/mol. The highest BCUT2D eigenvalue weighted by molar-refractivity contribution is 6.31. The predicted octanol–water partition coefficient (Wildman–Crippen LogP) is 4.05. The molecule has 0 aliphatic heterocycles. The van der Waals surface area contributed by atoms with Crippen LogP contribution < -0.4 is 11.3 Å². The Balaban J connectivity index is 2.23. The first-order chi connectivity index (χ1) is 11.1. The molecule has 0 radical (unpaired) electrons. The van der Waals surface area contributed by atoms with E-state index < -0.39 is 11.4 Å². The Morgan fingerprint density at radius 3 is 2.61 bits per heavy atom. The summed E-state index contributed by atoms with van der Waals surface area (Å²) in [5.74, 6) is -0.442. The van der Waals surface area contributed by atoms with Gasteiger partial charge >= 0.3 is 0 Å². The molecule has 0 fully saturated rings. The molecule has 0 aliphatic rings. The molecule has 114 valence electrons. The van der Waals surface area contributed by atoms with Gasteiger partial charge in [-0.25, -0.2) is 4.39 Å². The molecule has 4 nitrogen and oxygen atoms in total. The minimum Gasteiger partial charge on any atom is -0.394 e. The maximum absolute atomic E-state index is 14.2. The molecular formula is C17H11ClFN3O. The number of H-pyrrole nitrogens is 2. The number of hydrogen-bond donors (Lipinski definition) is 3. The molecule has 0 unspecified atom stereocenters. The molecule has 0 saturated carbocycles. The highest BCUT2D eigenvalue weighted by Crippen LogP contribution is 2.35. The molecule has 0 spiro atoms. The Kier molecular flexibility index (Phi) is 2.92. The zero-order valence-corrected chi connectivity index (χ0v) is 12.5. The molecule has 0 bridgehead atoms. The van der Waals surface area contributed by atoms with Crippen molar-refractivity contribution in [1.82, 2.24) is 9.97 Å². The lowest BCUT2D eigenvalue weighted by Crippen LogP contribution is -2.13. The normalized spacial score (nSPS) is 11.4. The maximum Gasteiger partial charge on any atom is 0.272 e. The number of halogens is 2. The number of nitrogens with one attached hydrogen (secondary N) is 2. The van der Waals surface area contributed by atoms with Gasteiger partial charge in [0.25, 0.3) is 5.56 Å². The fourth-order valence-electron chi connectivity index (χ4n) is 2.85. The summed E-state index contributed by atoms with van der Waals surface area (Å²) in [5.41, 5.74) is 8.00. The van der Waals surface area contributed by atoms with Crippen molar-refractivity contribution in [2.24, 2.45) is 0 Å². The summed E-state index contributed by atoms with van der Waals surface area (Å²) >= 11 is 6.04. The van der Waals surface area contributed by atoms with E-state index >= 15 is 0 Å². The highest BCUT2D eigenvalue weighted by Gasteiger charge is 2.18. The molecule has 0 atom stereocenters. The van der Waals surface area contributed by atoms with E-state index in [9.17, 15) is 9.18 Å². The Morgan fingerprint density at radius 1 is 1.04 bits per heavy atom.